The van der Waals surface area contributed by atoms with Crippen LogP contribution in [0.1, 0.15) is 40.0 Å². The molecule has 0 bridgehead atoms. The van der Waals surface area contributed by atoms with Gasteiger partial charge in [-0.25, -0.2) is 9.18 Å². The molecule has 4 nitrogen and oxygen atoms in total. The third kappa shape index (κ3) is 4.43. The van der Waals surface area contributed by atoms with Crippen molar-refractivity contribution in [2.75, 3.05) is 13.1 Å². The Labute approximate surface area is 129 Å². The fraction of sp³-hybridized carbons (Fsp3) is 0.467. The molecule has 126 valence electrons. The van der Waals surface area contributed by atoms with Crippen LogP contribution in [-0.2, 0) is 0 Å². The lowest BCUT2D eigenvalue weighted by Crippen LogP contribution is -2.43. The van der Waals surface area contributed by atoms with E-state index in [1.165, 1.54) is 0 Å². The van der Waals surface area contributed by atoms with Gasteiger partial charge >= 0.3 is 12.1 Å². The van der Waals surface area contributed by atoms with Crippen molar-refractivity contribution in [1.29, 1.82) is 0 Å². The molecule has 23 heavy (non-hydrogen) atoms. The standard InChI is InChI=1S/C15H15F4NO3/c16-12-6-10(14(22)23)4-5-11(12)13(21)20(8-15(17,18)19)7-9-2-1-3-9/h4-6,9H,1-3,7-8H2,(H,22,23). The molecule has 0 atom stereocenters. The summed E-state index contributed by atoms with van der Waals surface area (Å²) in [7, 11) is 0. The first-order chi connectivity index (χ1) is 10.7. The normalized spacial score (nSPS) is 15.1. The monoisotopic (exact) mass is 333 g/mol. The Morgan fingerprint density at radius 2 is 1.91 bits per heavy atom. The van der Waals surface area contributed by atoms with Crippen molar-refractivity contribution < 1.29 is 32.3 Å². The summed E-state index contributed by atoms with van der Waals surface area (Å²) in [5, 5.41) is 8.75. The Morgan fingerprint density at radius 3 is 2.35 bits per heavy atom. The summed E-state index contributed by atoms with van der Waals surface area (Å²) in [6.45, 7) is -1.54. The van der Waals surface area contributed by atoms with Gasteiger partial charge in [0.05, 0.1) is 11.1 Å². The lowest BCUT2D eigenvalue weighted by molar-refractivity contribution is -0.142. The topological polar surface area (TPSA) is 57.6 Å². The fourth-order valence-corrected chi connectivity index (χ4v) is 2.41. The number of hydrogen-bond donors (Lipinski definition) is 1. The molecule has 1 aliphatic rings. The highest BCUT2D eigenvalue weighted by Gasteiger charge is 2.36. The molecule has 0 radical (unpaired) electrons. The van der Waals surface area contributed by atoms with Gasteiger partial charge in [0, 0.05) is 6.54 Å². The number of carboxylic acids is 1. The molecule has 1 N–H and O–H groups in total. The van der Waals surface area contributed by atoms with Crippen molar-refractivity contribution in [2.24, 2.45) is 5.92 Å². The van der Waals surface area contributed by atoms with E-state index in [-0.39, 0.29) is 18.0 Å². The van der Waals surface area contributed by atoms with Gasteiger partial charge in [0.25, 0.3) is 5.91 Å². The second-order valence-electron chi connectivity index (χ2n) is 5.60. The molecule has 0 saturated heterocycles. The summed E-state index contributed by atoms with van der Waals surface area (Å²) in [4.78, 5) is 23.6. The summed E-state index contributed by atoms with van der Waals surface area (Å²) < 4.78 is 51.9. The quantitative estimate of drug-likeness (QED) is 0.841. The summed E-state index contributed by atoms with van der Waals surface area (Å²) in [6.07, 6.45) is -2.21. The lowest BCUT2D eigenvalue weighted by atomic mass is 9.85. The van der Waals surface area contributed by atoms with Crippen LogP contribution >= 0.6 is 0 Å². The van der Waals surface area contributed by atoms with Crippen molar-refractivity contribution in [2.45, 2.75) is 25.4 Å². The largest absolute Gasteiger partial charge is 0.478 e. The number of aromatic carboxylic acids is 1. The molecule has 1 saturated carbocycles. The second kappa shape index (κ2) is 6.55. The Bertz CT molecular complexity index is 611. The first kappa shape index (κ1) is 17.2. The van der Waals surface area contributed by atoms with Crippen LogP contribution in [0.2, 0.25) is 0 Å². The first-order valence-corrected chi connectivity index (χ1v) is 7.06. The fourth-order valence-electron chi connectivity index (χ4n) is 2.41. The van der Waals surface area contributed by atoms with Crippen LogP contribution in [0.4, 0.5) is 17.6 Å². The highest BCUT2D eigenvalue weighted by atomic mass is 19.4. The Hall–Kier alpha value is -2.12. The van der Waals surface area contributed by atoms with Crippen molar-refractivity contribution in [3.8, 4) is 0 Å². The molecule has 1 aliphatic carbocycles. The minimum absolute atomic E-state index is 0.0114. The molecule has 8 heteroatoms. The van der Waals surface area contributed by atoms with Crippen LogP contribution in [0, 0.1) is 11.7 Å². The van der Waals surface area contributed by atoms with Crippen LogP contribution in [-0.4, -0.2) is 41.1 Å². The van der Waals surface area contributed by atoms with E-state index >= 15 is 0 Å². The summed E-state index contributed by atoms with van der Waals surface area (Å²) in [6, 6.07) is 2.53. The smallest absolute Gasteiger partial charge is 0.406 e. The second-order valence-corrected chi connectivity index (χ2v) is 5.60. The van der Waals surface area contributed by atoms with E-state index in [9.17, 15) is 27.2 Å². The van der Waals surface area contributed by atoms with E-state index in [4.69, 9.17) is 5.11 Å². The SMILES string of the molecule is O=C(O)c1ccc(C(=O)N(CC2CCC2)CC(F)(F)F)c(F)c1. The lowest BCUT2D eigenvalue weighted by Gasteiger charge is -2.33. The van der Waals surface area contributed by atoms with E-state index in [2.05, 4.69) is 0 Å². The van der Waals surface area contributed by atoms with Gasteiger partial charge in [0.15, 0.2) is 0 Å². The van der Waals surface area contributed by atoms with Gasteiger partial charge in [-0.15, -0.1) is 0 Å². The zero-order valence-corrected chi connectivity index (χ0v) is 12.1. The van der Waals surface area contributed by atoms with E-state index in [1.54, 1.807) is 0 Å². The molecule has 2 rings (SSSR count). The van der Waals surface area contributed by atoms with Crippen LogP contribution in [0.3, 0.4) is 0 Å². The summed E-state index contributed by atoms with van der Waals surface area (Å²) in [5.41, 5.74) is -0.931. The highest BCUT2D eigenvalue weighted by Crippen LogP contribution is 2.29. The van der Waals surface area contributed by atoms with Crippen molar-refractivity contribution >= 4 is 11.9 Å². The maximum Gasteiger partial charge on any atom is 0.406 e. The minimum atomic E-state index is -4.59. The number of amides is 1. The van der Waals surface area contributed by atoms with Crippen molar-refractivity contribution in [3.05, 3.63) is 35.1 Å². The average Bonchev–Trinajstić information content (AvgIpc) is 2.39. The van der Waals surface area contributed by atoms with Gasteiger partial charge in [0.1, 0.15) is 12.4 Å². The van der Waals surface area contributed by atoms with Gasteiger partial charge in [-0.1, -0.05) is 6.42 Å². The summed E-state index contributed by atoms with van der Waals surface area (Å²) in [5.74, 6) is -3.62. The van der Waals surface area contributed by atoms with E-state index in [1.807, 2.05) is 0 Å². The molecule has 1 aromatic carbocycles. The third-order valence-electron chi connectivity index (χ3n) is 3.81. The maximum atomic E-state index is 13.9. The number of benzene rings is 1. The third-order valence-corrected chi connectivity index (χ3v) is 3.81. The molecule has 0 aliphatic heterocycles. The van der Waals surface area contributed by atoms with Crippen LogP contribution in [0.5, 0.6) is 0 Å². The van der Waals surface area contributed by atoms with Gasteiger partial charge in [-0.3, -0.25) is 4.79 Å². The van der Waals surface area contributed by atoms with Crippen molar-refractivity contribution in [3.63, 3.8) is 0 Å². The van der Waals surface area contributed by atoms with Gasteiger partial charge in [-0.05, 0) is 37.0 Å². The molecule has 0 aromatic heterocycles. The zero-order chi connectivity index (χ0) is 17.2. The number of carboxylic acid groups (broad SMARTS) is 1. The molecular weight excluding hydrogens is 318 g/mol. The molecule has 0 spiro atoms. The van der Waals surface area contributed by atoms with Gasteiger partial charge in [-0.2, -0.15) is 13.2 Å². The number of alkyl halides is 3. The Kier molecular flexibility index (Phi) is 4.91. The zero-order valence-electron chi connectivity index (χ0n) is 12.1. The minimum Gasteiger partial charge on any atom is -0.478 e. The Balaban J connectivity index is 2.23. The first-order valence-electron chi connectivity index (χ1n) is 7.06. The summed E-state index contributed by atoms with van der Waals surface area (Å²) >= 11 is 0. The molecule has 0 unspecified atom stereocenters. The van der Waals surface area contributed by atoms with Gasteiger partial charge in [0.2, 0.25) is 0 Å². The number of hydrogen-bond acceptors (Lipinski definition) is 2. The number of halogens is 4. The van der Waals surface area contributed by atoms with E-state index in [0.29, 0.717) is 11.0 Å². The number of carbonyl (C=O) groups is 2. The predicted molar refractivity (Wildman–Crippen MR) is 72.7 cm³/mol. The highest BCUT2D eigenvalue weighted by molar-refractivity contribution is 5.96. The maximum absolute atomic E-state index is 13.9. The molecular formula is C15H15F4NO3. The van der Waals surface area contributed by atoms with Gasteiger partial charge < -0.3 is 10.0 Å². The van der Waals surface area contributed by atoms with Crippen LogP contribution < -0.4 is 0 Å². The number of rotatable bonds is 5. The van der Waals surface area contributed by atoms with E-state index in [0.717, 1.165) is 31.4 Å². The molecule has 0 heterocycles. The van der Waals surface area contributed by atoms with Crippen LogP contribution in [0.15, 0.2) is 18.2 Å². The Morgan fingerprint density at radius 1 is 1.26 bits per heavy atom. The number of carbonyl (C=O) groups excluding carboxylic acids is 1. The molecule has 1 aromatic rings. The predicted octanol–water partition coefficient (Wildman–Crippen LogP) is 3.33. The average molecular weight is 333 g/mol. The van der Waals surface area contributed by atoms with E-state index < -0.39 is 36.0 Å². The molecule has 1 fully saturated rings. The number of nitrogens with zero attached hydrogens (tertiary/aromatic N) is 1. The van der Waals surface area contributed by atoms with Crippen LogP contribution in [0.25, 0.3) is 0 Å². The van der Waals surface area contributed by atoms with Crippen molar-refractivity contribution in [1.82, 2.24) is 4.90 Å². The molecule has 1 amide bonds.